The second-order valence-electron chi connectivity index (χ2n) is 4.08. The van der Waals surface area contributed by atoms with Crippen LogP contribution in [0.1, 0.15) is 11.1 Å². The number of rotatable bonds is 2. The van der Waals surface area contributed by atoms with Crippen molar-refractivity contribution in [3.05, 3.63) is 29.3 Å². The Balaban J connectivity index is 2.15. The molecule has 0 N–H and O–H groups in total. The summed E-state index contributed by atoms with van der Waals surface area (Å²) in [4.78, 5) is 2.30. The Morgan fingerprint density at radius 3 is 2.62 bits per heavy atom. The fraction of sp³-hybridized carbons (Fsp3) is 0.500. The molecule has 0 radical (unpaired) electrons. The predicted octanol–water partition coefficient (Wildman–Crippen LogP) is 2.30. The highest BCUT2D eigenvalue weighted by Crippen LogP contribution is 2.21. The third kappa shape index (κ3) is 2.58. The molecule has 1 saturated heterocycles. The monoisotopic (exact) mass is 257 g/mol. The molecule has 0 atom stereocenters. The summed E-state index contributed by atoms with van der Waals surface area (Å²) >= 11 is 5.84. The Hall–Kier alpha value is -0.540. The molecule has 0 aliphatic carbocycles. The van der Waals surface area contributed by atoms with Crippen LogP contribution in [-0.4, -0.2) is 28.8 Å². The molecule has 2 nitrogen and oxygen atoms in total. The topological polar surface area (TPSA) is 20.3 Å². The Morgan fingerprint density at radius 1 is 1.38 bits per heavy atom. The molecule has 1 aromatic carbocycles. The van der Waals surface area contributed by atoms with Gasteiger partial charge >= 0.3 is 0 Å². The molecular weight excluding hydrogens is 242 g/mol. The first kappa shape index (κ1) is 11.9. The van der Waals surface area contributed by atoms with E-state index in [2.05, 4.69) is 30.0 Å². The van der Waals surface area contributed by atoms with E-state index in [-0.39, 0.29) is 0 Å². The summed E-state index contributed by atoms with van der Waals surface area (Å²) in [6.45, 7) is 3.88. The molecule has 0 aromatic heterocycles. The van der Waals surface area contributed by atoms with Crippen LogP contribution in [0, 0.1) is 6.92 Å². The van der Waals surface area contributed by atoms with Crippen molar-refractivity contribution in [3.8, 4) is 0 Å². The van der Waals surface area contributed by atoms with Gasteiger partial charge in [-0.15, -0.1) is 11.6 Å². The van der Waals surface area contributed by atoms with Crippen LogP contribution in [0.4, 0.5) is 5.69 Å². The van der Waals surface area contributed by atoms with Gasteiger partial charge in [0.05, 0.1) is 0 Å². The van der Waals surface area contributed by atoms with E-state index >= 15 is 0 Å². The van der Waals surface area contributed by atoms with E-state index < -0.39 is 10.8 Å². The molecule has 1 aliphatic rings. The zero-order chi connectivity index (χ0) is 11.5. The van der Waals surface area contributed by atoms with Crippen LogP contribution in [-0.2, 0) is 16.7 Å². The number of benzene rings is 1. The van der Waals surface area contributed by atoms with Crippen LogP contribution >= 0.6 is 11.6 Å². The van der Waals surface area contributed by atoms with Crippen molar-refractivity contribution in [1.29, 1.82) is 0 Å². The number of anilines is 1. The van der Waals surface area contributed by atoms with Gasteiger partial charge in [-0.25, -0.2) is 0 Å². The lowest BCUT2D eigenvalue weighted by Crippen LogP contribution is -2.37. The fourth-order valence-corrected chi connectivity index (χ4v) is 3.27. The third-order valence-electron chi connectivity index (χ3n) is 3.01. The van der Waals surface area contributed by atoms with Crippen LogP contribution in [0.2, 0.25) is 0 Å². The van der Waals surface area contributed by atoms with Crippen LogP contribution in [0.25, 0.3) is 0 Å². The Kier molecular flexibility index (Phi) is 3.87. The van der Waals surface area contributed by atoms with Gasteiger partial charge in [-0.3, -0.25) is 4.21 Å². The molecule has 2 rings (SSSR count). The van der Waals surface area contributed by atoms with Crippen molar-refractivity contribution in [2.45, 2.75) is 12.8 Å². The number of alkyl halides is 1. The van der Waals surface area contributed by atoms with Gasteiger partial charge in [0.1, 0.15) is 0 Å². The SMILES string of the molecule is Cc1cc(N2CCS(=O)CC2)ccc1CCl. The summed E-state index contributed by atoms with van der Waals surface area (Å²) < 4.78 is 11.3. The lowest BCUT2D eigenvalue weighted by atomic mass is 10.1. The first-order valence-corrected chi connectivity index (χ1v) is 7.48. The van der Waals surface area contributed by atoms with Crippen molar-refractivity contribution in [2.75, 3.05) is 29.5 Å². The van der Waals surface area contributed by atoms with Crippen LogP contribution in [0.15, 0.2) is 18.2 Å². The van der Waals surface area contributed by atoms with Gasteiger partial charge in [-0.1, -0.05) is 6.07 Å². The maximum absolute atomic E-state index is 11.3. The highest BCUT2D eigenvalue weighted by atomic mass is 35.5. The minimum atomic E-state index is -0.609. The quantitative estimate of drug-likeness (QED) is 0.758. The fourth-order valence-electron chi connectivity index (χ4n) is 1.92. The minimum absolute atomic E-state index is 0.566. The third-order valence-corrected chi connectivity index (χ3v) is 4.58. The van der Waals surface area contributed by atoms with E-state index in [1.807, 2.05) is 0 Å². The molecule has 1 fully saturated rings. The number of nitrogens with zero attached hydrogens (tertiary/aromatic N) is 1. The predicted molar refractivity (Wildman–Crippen MR) is 70.8 cm³/mol. The molecule has 0 spiro atoms. The van der Waals surface area contributed by atoms with Gasteiger partial charge in [-0.2, -0.15) is 0 Å². The largest absolute Gasteiger partial charge is 0.370 e. The molecule has 0 saturated carbocycles. The first-order valence-electron chi connectivity index (χ1n) is 5.46. The first-order chi connectivity index (χ1) is 7.70. The standard InChI is InChI=1S/C12H16ClNOS/c1-10-8-12(3-2-11(10)9-13)14-4-6-16(15)7-5-14/h2-3,8H,4-7,9H2,1H3. The maximum atomic E-state index is 11.3. The zero-order valence-electron chi connectivity index (χ0n) is 9.41. The van der Waals surface area contributed by atoms with Gasteiger partial charge in [0.15, 0.2) is 0 Å². The van der Waals surface area contributed by atoms with Crippen LogP contribution < -0.4 is 4.90 Å². The molecule has 1 aliphatic heterocycles. The Bertz CT molecular complexity index is 398. The zero-order valence-corrected chi connectivity index (χ0v) is 11.0. The minimum Gasteiger partial charge on any atom is -0.370 e. The van der Waals surface area contributed by atoms with E-state index in [1.165, 1.54) is 16.8 Å². The van der Waals surface area contributed by atoms with E-state index in [0.29, 0.717) is 5.88 Å². The molecule has 0 unspecified atom stereocenters. The molecule has 88 valence electrons. The van der Waals surface area contributed by atoms with E-state index in [1.54, 1.807) is 0 Å². The normalized spacial score (nSPS) is 17.8. The van der Waals surface area contributed by atoms with Crippen molar-refractivity contribution < 1.29 is 4.21 Å². The van der Waals surface area contributed by atoms with E-state index in [9.17, 15) is 4.21 Å². The second kappa shape index (κ2) is 5.19. The van der Waals surface area contributed by atoms with Gasteiger partial charge < -0.3 is 4.90 Å². The lowest BCUT2D eigenvalue weighted by molar-refractivity contribution is 0.673. The number of hydrogen-bond acceptors (Lipinski definition) is 2. The average molecular weight is 258 g/mol. The number of halogens is 1. The number of aryl methyl sites for hydroxylation is 1. The van der Waals surface area contributed by atoms with Crippen molar-refractivity contribution in [2.24, 2.45) is 0 Å². The molecule has 4 heteroatoms. The van der Waals surface area contributed by atoms with Crippen LogP contribution in [0.5, 0.6) is 0 Å². The molecular formula is C12H16ClNOS. The average Bonchev–Trinajstić information content (AvgIpc) is 2.30. The summed E-state index contributed by atoms with van der Waals surface area (Å²) in [7, 11) is -0.609. The summed E-state index contributed by atoms with van der Waals surface area (Å²) in [5.41, 5.74) is 3.65. The van der Waals surface area contributed by atoms with Crippen molar-refractivity contribution in [1.82, 2.24) is 0 Å². The van der Waals surface area contributed by atoms with Gasteiger partial charge in [0.25, 0.3) is 0 Å². The highest BCUT2D eigenvalue weighted by Gasteiger charge is 2.15. The van der Waals surface area contributed by atoms with Crippen molar-refractivity contribution >= 4 is 28.1 Å². The molecule has 0 bridgehead atoms. The van der Waals surface area contributed by atoms with Gasteiger partial charge in [0.2, 0.25) is 0 Å². The lowest BCUT2D eigenvalue weighted by Gasteiger charge is -2.28. The van der Waals surface area contributed by atoms with Gasteiger partial charge in [-0.05, 0) is 30.2 Å². The molecule has 1 heterocycles. The van der Waals surface area contributed by atoms with E-state index in [4.69, 9.17) is 11.6 Å². The molecule has 0 amide bonds. The second-order valence-corrected chi connectivity index (χ2v) is 6.04. The van der Waals surface area contributed by atoms with Crippen LogP contribution in [0.3, 0.4) is 0 Å². The van der Waals surface area contributed by atoms with E-state index in [0.717, 1.165) is 24.6 Å². The smallest absolute Gasteiger partial charge is 0.0476 e. The summed E-state index contributed by atoms with van der Waals surface area (Å²) in [5, 5.41) is 0. The Morgan fingerprint density at radius 2 is 2.06 bits per heavy atom. The molecule has 16 heavy (non-hydrogen) atoms. The summed E-state index contributed by atoms with van der Waals surface area (Å²) in [6, 6.07) is 6.37. The summed E-state index contributed by atoms with van der Waals surface area (Å²) in [5.74, 6) is 2.14. The van der Waals surface area contributed by atoms with Crippen molar-refractivity contribution in [3.63, 3.8) is 0 Å². The van der Waals surface area contributed by atoms with Gasteiger partial charge in [0, 0.05) is 47.0 Å². The Labute approximate surface area is 104 Å². The maximum Gasteiger partial charge on any atom is 0.0476 e. The summed E-state index contributed by atoms with van der Waals surface area (Å²) in [6.07, 6.45) is 0. The molecule has 1 aromatic rings. The highest BCUT2D eigenvalue weighted by molar-refractivity contribution is 7.85. The number of hydrogen-bond donors (Lipinski definition) is 0.